The first-order chi connectivity index (χ1) is 13.0. The third-order valence-electron chi connectivity index (χ3n) is 5.62. The van der Waals surface area contributed by atoms with Gasteiger partial charge in [0.1, 0.15) is 5.75 Å². The molecule has 2 amide bonds. The van der Waals surface area contributed by atoms with E-state index in [9.17, 15) is 9.59 Å². The van der Waals surface area contributed by atoms with Gasteiger partial charge in [0.05, 0.1) is 4.88 Å². The van der Waals surface area contributed by atoms with Gasteiger partial charge in [0.15, 0.2) is 5.06 Å². The van der Waals surface area contributed by atoms with Crippen molar-refractivity contribution in [3.8, 4) is 10.8 Å². The molecule has 3 aliphatic heterocycles. The number of nitrogens with two attached hydrogens (primary N) is 1. The van der Waals surface area contributed by atoms with Gasteiger partial charge in [-0.2, -0.15) is 0 Å². The molecule has 0 radical (unpaired) electrons. The number of amides is 2. The molecule has 5 rings (SSSR count). The Labute approximate surface area is 162 Å². The molecule has 1 aromatic heterocycles. The second-order valence-electron chi connectivity index (χ2n) is 7.23. The summed E-state index contributed by atoms with van der Waals surface area (Å²) in [5.41, 5.74) is 5.68. The van der Waals surface area contributed by atoms with E-state index < -0.39 is 5.91 Å². The molecule has 2 atom stereocenters. The number of carbonyl (C=O) groups excluding carboxylic acids is 2. The van der Waals surface area contributed by atoms with Crippen molar-refractivity contribution in [3.63, 3.8) is 0 Å². The molecule has 3 saturated heterocycles. The molecule has 0 saturated carbocycles. The molecule has 3 N–H and O–H groups in total. The van der Waals surface area contributed by atoms with E-state index in [0.29, 0.717) is 33.2 Å². The van der Waals surface area contributed by atoms with Crippen molar-refractivity contribution in [2.45, 2.75) is 31.8 Å². The van der Waals surface area contributed by atoms with E-state index in [1.165, 1.54) is 11.3 Å². The molecule has 142 valence electrons. The van der Waals surface area contributed by atoms with Gasteiger partial charge in [-0.3, -0.25) is 14.5 Å². The highest BCUT2D eigenvalue weighted by Gasteiger charge is 2.40. The SMILES string of the molecule is C[C@H]1[C@H](NC(=O)c2ccc(Oc3cccc(C(N)=O)c3)s2)C2CCN1CC2. The highest BCUT2D eigenvalue weighted by molar-refractivity contribution is 7.15. The summed E-state index contributed by atoms with van der Waals surface area (Å²) in [5.74, 6) is 0.539. The number of ether oxygens (including phenoxy) is 1. The van der Waals surface area contributed by atoms with Gasteiger partial charge in [-0.25, -0.2) is 0 Å². The zero-order valence-electron chi connectivity index (χ0n) is 15.2. The van der Waals surface area contributed by atoms with Crippen LogP contribution in [0.3, 0.4) is 0 Å². The lowest BCUT2D eigenvalue weighted by atomic mass is 9.79. The van der Waals surface area contributed by atoms with E-state index in [1.54, 1.807) is 36.4 Å². The van der Waals surface area contributed by atoms with E-state index in [2.05, 4.69) is 17.1 Å². The fourth-order valence-electron chi connectivity index (χ4n) is 4.09. The maximum Gasteiger partial charge on any atom is 0.261 e. The predicted molar refractivity (Wildman–Crippen MR) is 104 cm³/mol. The van der Waals surface area contributed by atoms with E-state index in [0.717, 1.165) is 25.9 Å². The van der Waals surface area contributed by atoms with Gasteiger partial charge in [-0.1, -0.05) is 17.4 Å². The van der Waals surface area contributed by atoms with Crippen LogP contribution < -0.4 is 15.8 Å². The second-order valence-corrected chi connectivity index (χ2v) is 8.27. The number of rotatable bonds is 5. The Balaban J connectivity index is 1.42. The van der Waals surface area contributed by atoms with Crippen molar-refractivity contribution >= 4 is 23.2 Å². The van der Waals surface area contributed by atoms with Crippen LogP contribution in [0.15, 0.2) is 36.4 Å². The number of hydrogen-bond acceptors (Lipinski definition) is 5. The van der Waals surface area contributed by atoms with Crippen LogP contribution in [-0.4, -0.2) is 41.9 Å². The van der Waals surface area contributed by atoms with Gasteiger partial charge in [0.25, 0.3) is 5.91 Å². The first-order valence-corrected chi connectivity index (χ1v) is 10.1. The third-order valence-corrected chi connectivity index (χ3v) is 6.58. The number of hydrogen-bond donors (Lipinski definition) is 2. The Morgan fingerprint density at radius 2 is 2.00 bits per heavy atom. The van der Waals surface area contributed by atoms with Crippen molar-refractivity contribution in [3.05, 3.63) is 46.8 Å². The third kappa shape index (κ3) is 3.70. The van der Waals surface area contributed by atoms with Crippen LogP contribution in [-0.2, 0) is 0 Å². The first kappa shape index (κ1) is 18.0. The number of nitrogens with one attached hydrogen (secondary N) is 1. The Morgan fingerprint density at radius 3 is 2.70 bits per heavy atom. The van der Waals surface area contributed by atoms with Gasteiger partial charge >= 0.3 is 0 Å². The van der Waals surface area contributed by atoms with Gasteiger partial charge in [0.2, 0.25) is 5.91 Å². The van der Waals surface area contributed by atoms with Crippen molar-refractivity contribution in [1.29, 1.82) is 0 Å². The topological polar surface area (TPSA) is 84.7 Å². The Morgan fingerprint density at radius 1 is 1.22 bits per heavy atom. The maximum atomic E-state index is 12.7. The molecule has 2 bridgehead atoms. The van der Waals surface area contributed by atoms with E-state index in [4.69, 9.17) is 10.5 Å². The first-order valence-electron chi connectivity index (χ1n) is 9.24. The molecule has 7 heteroatoms. The maximum absolute atomic E-state index is 12.7. The van der Waals surface area contributed by atoms with Gasteiger partial charge in [0, 0.05) is 17.6 Å². The predicted octanol–water partition coefficient (Wildman–Crippen LogP) is 2.85. The van der Waals surface area contributed by atoms with Gasteiger partial charge in [-0.15, -0.1) is 0 Å². The molecular formula is C20H23N3O3S. The van der Waals surface area contributed by atoms with Crippen LogP contribution in [0.4, 0.5) is 0 Å². The Kier molecular flexibility index (Phi) is 4.88. The molecule has 0 spiro atoms. The quantitative estimate of drug-likeness (QED) is 0.829. The molecule has 0 unspecified atom stereocenters. The summed E-state index contributed by atoms with van der Waals surface area (Å²) in [5, 5.41) is 3.83. The van der Waals surface area contributed by atoms with E-state index >= 15 is 0 Å². The average Bonchev–Trinajstić information content (AvgIpc) is 3.14. The van der Waals surface area contributed by atoms with Crippen LogP contribution in [0.2, 0.25) is 0 Å². The minimum Gasteiger partial charge on any atom is -0.447 e. The van der Waals surface area contributed by atoms with Crippen LogP contribution >= 0.6 is 11.3 Å². The zero-order chi connectivity index (χ0) is 19.0. The van der Waals surface area contributed by atoms with Crippen LogP contribution in [0.5, 0.6) is 10.8 Å². The standard InChI is InChI=1S/C20H23N3O3S/c1-12-18(13-7-9-23(12)10-8-13)22-20(25)16-5-6-17(27-16)26-15-4-2-3-14(11-15)19(21)24/h2-6,11-13,18H,7-10H2,1H3,(H2,21,24)(H,22,25)/t12-,18-/m0/s1. The largest absolute Gasteiger partial charge is 0.447 e. The smallest absolute Gasteiger partial charge is 0.261 e. The van der Waals surface area contributed by atoms with E-state index in [-0.39, 0.29) is 11.9 Å². The zero-order valence-corrected chi connectivity index (χ0v) is 16.0. The lowest BCUT2D eigenvalue weighted by molar-refractivity contribution is 0.0218. The number of benzene rings is 1. The fraction of sp³-hybridized carbons (Fsp3) is 0.400. The summed E-state index contributed by atoms with van der Waals surface area (Å²) in [6.07, 6.45) is 2.31. The molecule has 1 aromatic carbocycles. The molecule has 4 heterocycles. The highest BCUT2D eigenvalue weighted by atomic mass is 32.1. The Bertz CT molecular complexity index is 856. The molecule has 27 heavy (non-hydrogen) atoms. The summed E-state index contributed by atoms with van der Waals surface area (Å²) in [4.78, 5) is 27.1. The number of fused-ring (bicyclic) bond motifs is 3. The van der Waals surface area contributed by atoms with Gasteiger partial charge in [-0.05, 0) is 69.1 Å². The molecule has 3 fully saturated rings. The summed E-state index contributed by atoms with van der Waals surface area (Å²) in [7, 11) is 0. The van der Waals surface area contributed by atoms with Crippen LogP contribution in [0, 0.1) is 5.92 Å². The van der Waals surface area contributed by atoms with Gasteiger partial charge < -0.3 is 15.8 Å². The van der Waals surface area contributed by atoms with E-state index in [1.807, 2.05) is 0 Å². The van der Waals surface area contributed by atoms with Crippen molar-refractivity contribution in [2.75, 3.05) is 13.1 Å². The molecule has 0 aliphatic carbocycles. The summed E-state index contributed by atoms with van der Waals surface area (Å²) in [6.45, 7) is 4.48. The fourth-order valence-corrected chi connectivity index (χ4v) is 4.87. The summed E-state index contributed by atoms with van der Waals surface area (Å²) in [6, 6.07) is 10.8. The number of thiophene rings is 1. The summed E-state index contributed by atoms with van der Waals surface area (Å²) >= 11 is 1.30. The van der Waals surface area contributed by atoms with Crippen molar-refractivity contribution in [2.24, 2.45) is 11.7 Å². The number of nitrogens with zero attached hydrogens (tertiary/aromatic N) is 1. The van der Waals surface area contributed by atoms with Crippen LogP contribution in [0.25, 0.3) is 0 Å². The number of carbonyl (C=O) groups is 2. The number of primary amides is 1. The lowest BCUT2D eigenvalue weighted by Crippen LogP contribution is -2.62. The highest BCUT2D eigenvalue weighted by Crippen LogP contribution is 2.33. The minimum absolute atomic E-state index is 0.0497. The molecule has 6 nitrogen and oxygen atoms in total. The normalized spacial score (nSPS) is 26.6. The molecular weight excluding hydrogens is 362 g/mol. The number of piperidine rings is 3. The monoisotopic (exact) mass is 385 g/mol. The average molecular weight is 385 g/mol. The Hall–Kier alpha value is -2.38. The van der Waals surface area contributed by atoms with Crippen LogP contribution in [0.1, 0.15) is 39.8 Å². The van der Waals surface area contributed by atoms with Crippen molar-refractivity contribution < 1.29 is 14.3 Å². The van der Waals surface area contributed by atoms with Crippen molar-refractivity contribution in [1.82, 2.24) is 10.2 Å². The lowest BCUT2D eigenvalue weighted by Gasteiger charge is -2.49. The minimum atomic E-state index is -0.502. The summed E-state index contributed by atoms with van der Waals surface area (Å²) < 4.78 is 5.78. The molecule has 3 aliphatic rings. The second kappa shape index (κ2) is 7.32. The molecule has 2 aromatic rings.